The minimum absolute atomic E-state index is 0.585. The number of hydrogen-bond acceptors (Lipinski definition) is 5. The van der Waals surface area contributed by atoms with Crippen LogP contribution in [0, 0.1) is 0 Å². The topological polar surface area (TPSA) is 71.5 Å². The highest BCUT2D eigenvalue weighted by Gasteiger charge is 2.09. The van der Waals surface area contributed by atoms with Crippen molar-refractivity contribution in [2.24, 2.45) is 5.10 Å². The van der Waals surface area contributed by atoms with Gasteiger partial charge in [-0.15, -0.1) is 0 Å². The van der Waals surface area contributed by atoms with Gasteiger partial charge in [-0.1, -0.05) is 12.1 Å². The van der Waals surface area contributed by atoms with Crippen molar-refractivity contribution in [2.75, 3.05) is 19.6 Å². The standard InChI is InChI=1S/C16H15BrN4O2/c1-22-14-8-10(7-11(17)15(14)23-2)9-18-21-16-19-12-5-3-4-6-13(12)20-16/h3-9H,1-2H3,(H2,19,20,21)/b18-9-. The third-order valence-corrected chi connectivity index (χ3v) is 3.82. The number of benzene rings is 2. The zero-order valence-corrected chi connectivity index (χ0v) is 14.2. The molecule has 0 amide bonds. The molecule has 3 aromatic rings. The third kappa shape index (κ3) is 3.29. The molecule has 0 radical (unpaired) electrons. The van der Waals surface area contributed by atoms with Crippen LogP contribution in [0.3, 0.4) is 0 Å². The van der Waals surface area contributed by atoms with Gasteiger partial charge < -0.3 is 14.5 Å². The fourth-order valence-electron chi connectivity index (χ4n) is 2.19. The molecule has 1 aromatic heterocycles. The summed E-state index contributed by atoms with van der Waals surface area (Å²) in [5.74, 6) is 1.86. The van der Waals surface area contributed by atoms with Crippen molar-refractivity contribution in [3.05, 3.63) is 46.4 Å². The van der Waals surface area contributed by atoms with E-state index in [0.717, 1.165) is 21.1 Å². The van der Waals surface area contributed by atoms with Crippen LogP contribution in [0.2, 0.25) is 0 Å². The summed E-state index contributed by atoms with van der Waals surface area (Å²) in [6.07, 6.45) is 1.68. The number of aromatic amines is 1. The maximum absolute atomic E-state index is 5.31. The number of halogens is 1. The lowest BCUT2D eigenvalue weighted by atomic mass is 10.2. The van der Waals surface area contributed by atoms with Crippen molar-refractivity contribution in [3.8, 4) is 11.5 Å². The minimum Gasteiger partial charge on any atom is -0.493 e. The first-order valence-electron chi connectivity index (χ1n) is 6.86. The number of aromatic nitrogens is 2. The van der Waals surface area contributed by atoms with Crippen molar-refractivity contribution in [3.63, 3.8) is 0 Å². The predicted molar refractivity (Wildman–Crippen MR) is 94.6 cm³/mol. The number of rotatable bonds is 5. The first-order chi connectivity index (χ1) is 11.2. The zero-order valence-electron chi connectivity index (χ0n) is 12.6. The number of nitrogens with zero attached hydrogens (tertiary/aromatic N) is 2. The maximum atomic E-state index is 5.31. The molecule has 0 unspecified atom stereocenters. The second-order valence-corrected chi connectivity index (χ2v) is 5.57. The average molecular weight is 375 g/mol. The first-order valence-corrected chi connectivity index (χ1v) is 7.66. The molecule has 0 aliphatic rings. The monoisotopic (exact) mass is 374 g/mol. The molecule has 0 atom stereocenters. The van der Waals surface area contributed by atoms with Gasteiger partial charge in [0.25, 0.3) is 0 Å². The normalized spacial score (nSPS) is 11.1. The number of para-hydroxylation sites is 2. The lowest BCUT2D eigenvalue weighted by molar-refractivity contribution is 0.353. The van der Waals surface area contributed by atoms with Gasteiger partial charge >= 0.3 is 0 Å². The van der Waals surface area contributed by atoms with E-state index in [0.29, 0.717) is 17.4 Å². The molecule has 3 rings (SSSR count). The van der Waals surface area contributed by atoms with E-state index in [4.69, 9.17) is 9.47 Å². The van der Waals surface area contributed by atoms with E-state index in [2.05, 4.69) is 36.4 Å². The number of nitrogens with one attached hydrogen (secondary N) is 2. The lowest BCUT2D eigenvalue weighted by Crippen LogP contribution is -1.95. The molecule has 0 spiro atoms. The Balaban J connectivity index is 1.78. The Kier molecular flexibility index (Phi) is 4.47. The quantitative estimate of drug-likeness (QED) is 0.526. The van der Waals surface area contributed by atoms with Crippen LogP contribution in [-0.2, 0) is 0 Å². The van der Waals surface area contributed by atoms with Crippen LogP contribution < -0.4 is 14.9 Å². The fraction of sp³-hybridized carbons (Fsp3) is 0.125. The molecule has 23 heavy (non-hydrogen) atoms. The average Bonchev–Trinajstić information content (AvgIpc) is 2.97. The van der Waals surface area contributed by atoms with E-state index in [1.807, 2.05) is 36.4 Å². The Labute approximate surface area is 141 Å². The van der Waals surface area contributed by atoms with Gasteiger partial charge in [0.05, 0.1) is 35.9 Å². The Hall–Kier alpha value is -2.54. The smallest absolute Gasteiger partial charge is 0.222 e. The van der Waals surface area contributed by atoms with Crippen LogP contribution in [0.1, 0.15) is 5.56 Å². The summed E-state index contributed by atoms with van der Waals surface area (Å²) in [5, 5.41) is 4.19. The number of methoxy groups -OCH3 is 2. The molecule has 0 fully saturated rings. The number of hydrazone groups is 1. The minimum atomic E-state index is 0.585. The van der Waals surface area contributed by atoms with Gasteiger partial charge in [-0.05, 0) is 45.8 Å². The van der Waals surface area contributed by atoms with Gasteiger partial charge in [-0.2, -0.15) is 5.10 Å². The van der Waals surface area contributed by atoms with Gasteiger partial charge in [0.15, 0.2) is 11.5 Å². The highest BCUT2D eigenvalue weighted by molar-refractivity contribution is 9.10. The van der Waals surface area contributed by atoms with Gasteiger partial charge in [0, 0.05) is 0 Å². The number of hydrogen-bond donors (Lipinski definition) is 2. The Morgan fingerprint density at radius 3 is 2.78 bits per heavy atom. The molecular formula is C16H15BrN4O2. The van der Waals surface area contributed by atoms with Crippen LogP contribution in [0.15, 0.2) is 46.0 Å². The summed E-state index contributed by atoms with van der Waals surface area (Å²) in [7, 11) is 3.19. The van der Waals surface area contributed by atoms with E-state index < -0.39 is 0 Å². The molecule has 2 aromatic carbocycles. The molecule has 118 valence electrons. The molecule has 6 nitrogen and oxygen atoms in total. The van der Waals surface area contributed by atoms with Crippen LogP contribution in [0.4, 0.5) is 5.95 Å². The van der Waals surface area contributed by atoms with Gasteiger partial charge in [-0.3, -0.25) is 0 Å². The Morgan fingerprint density at radius 1 is 1.22 bits per heavy atom. The molecule has 0 saturated carbocycles. The van der Waals surface area contributed by atoms with E-state index in [9.17, 15) is 0 Å². The highest BCUT2D eigenvalue weighted by atomic mass is 79.9. The largest absolute Gasteiger partial charge is 0.493 e. The molecule has 0 bridgehead atoms. The summed E-state index contributed by atoms with van der Waals surface area (Å²) < 4.78 is 11.4. The van der Waals surface area contributed by atoms with Crippen molar-refractivity contribution >= 4 is 39.1 Å². The zero-order chi connectivity index (χ0) is 16.2. The van der Waals surface area contributed by atoms with E-state index in [1.165, 1.54) is 0 Å². The number of H-pyrrole nitrogens is 1. The summed E-state index contributed by atoms with van der Waals surface area (Å²) >= 11 is 3.45. The third-order valence-electron chi connectivity index (χ3n) is 3.23. The molecule has 1 heterocycles. The number of imidazole rings is 1. The van der Waals surface area contributed by atoms with Crippen LogP contribution in [0.5, 0.6) is 11.5 Å². The van der Waals surface area contributed by atoms with Crippen LogP contribution in [-0.4, -0.2) is 30.4 Å². The highest BCUT2D eigenvalue weighted by Crippen LogP contribution is 2.35. The van der Waals surface area contributed by atoms with Crippen LogP contribution >= 0.6 is 15.9 Å². The molecule has 0 saturated heterocycles. The molecule has 7 heteroatoms. The summed E-state index contributed by atoms with van der Waals surface area (Å²) in [6.45, 7) is 0. The second kappa shape index (κ2) is 6.70. The van der Waals surface area contributed by atoms with Crippen molar-refractivity contribution in [2.45, 2.75) is 0 Å². The van der Waals surface area contributed by atoms with E-state index in [-0.39, 0.29) is 0 Å². The second-order valence-electron chi connectivity index (χ2n) is 4.71. The molecule has 0 aliphatic carbocycles. The predicted octanol–water partition coefficient (Wildman–Crippen LogP) is 3.79. The molecule has 0 aliphatic heterocycles. The van der Waals surface area contributed by atoms with Gasteiger partial charge in [0.2, 0.25) is 5.95 Å². The summed E-state index contributed by atoms with van der Waals surface area (Å²) in [5.41, 5.74) is 5.59. The lowest BCUT2D eigenvalue weighted by Gasteiger charge is -2.10. The van der Waals surface area contributed by atoms with E-state index >= 15 is 0 Å². The van der Waals surface area contributed by atoms with Gasteiger partial charge in [0.1, 0.15) is 0 Å². The van der Waals surface area contributed by atoms with Crippen molar-refractivity contribution in [1.29, 1.82) is 0 Å². The first kappa shape index (κ1) is 15.4. The van der Waals surface area contributed by atoms with Crippen molar-refractivity contribution < 1.29 is 9.47 Å². The number of fused-ring (bicyclic) bond motifs is 1. The van der Waals surface area contributed by atoms with Gasteiger partial charge in [-0.25, -0.2) is 10.4 Å². The van der Waals surface area contributed by atoms with E-state index in [1.54, 1.807) is 20.4 Å². The fourth-order valence-corrected chi connectivity index (χ4v) is 2.81. The SMILES string of the molecule is COc1cc(/C=N\Nc2nc3ccccc3[nH]2)cc(Br)c1OC. The molecule has 2 N–H and O–H groups in total. The van der Waals surface area contributed by atoms with Crippen molar-refractivity contribution in [1.82, 2.24) is 9.97 Å². The summed E-state index contributed by atoms with van der Waals surface area (Å²) in [6, 6.07) is 11.5. The Bertz CT molecular complexity index is 827. The Morgan fingerprint density at radius 2 is 2.04 bits per heavy atom. The van der Waals surface area contributed by atoms with Crippen LogP contribution in [0.25, 0.3) is 11.0 Å². The molecular weight excluding hydrogens is 360 g/mol. The number of ether oxygens (including phenoxy) is 2. The summed E-state index contributed by atoms with van der Waals surface area (Å²) in [4.78, 5) is 7.53. The maximum Gasteiger partial charge on any atom is 0.222 e. The number of anilines is 1.